The molecule has 0 aliphatic heterocycles. The highest BCUT2D eigenvalue weighted by Crippen LogP contribution is 2.27. The van der Waals surface area contributed by atoms with Crippen LogP contribution in [0.1, 0.15) is 17.3 Å². The Hall–Kier alpha value is -3.05. The number of ether oxygens (including phenoxy) is 1. The highest BCUT2D eigenvalue weighted by Gasteiger charge is 2.09. The van der Waals surface area contributed by atoms with Gasteiger partial charge in [-0.3, -0.25) is 9.78 Å². The molecule has 3 aromatic rings. The zero-order chi connectivity index (χ0) is 18.4. The van der Waals surface area contributed by atoms with Gasteiger partial charge < -0.3 is 15.4 Å². The Kier molecular flexibility index (Phi) is 5.71. The van der Waals surface area contributed by atoms with Crippen molar-refractivity contribution in [3.05, 3.63) is 77.6 Å². The number of carbonyl (C=O) groups excluding carboxylic acids is 1. The van der Waals surface area contributed by atoms with Crippen molar-refractivity contribution in [3.63, 3.8) is 0 Å². The third kappa shape index (κ3) is 4.52. The van der Waals surface area contributed by atoms with E-state index in [0.29, 0.717) is 28.6 Å². The van der Waals surface area contributed by atoms with Gasteiger partial charge in [0, 0.05) is 16.9 Å². The Morgan fingerprint density at radius 2 is 1.92 bits per heavy atom. The average molecular weight is 368 g/mol. The van der Waals surface area contributed by atoms with Gasteiger partial charge in [0.05, 0.1) is 29.7 Å². The van der Waals surface area contributed by atoms with E-state index in [4.69, 9.17) is 16.3 Å². The molecule has 0 saturated carbocycles. The Labute approximate surface area is 157 Å². The van der Waals surface area contributed by atoms with Gasteiger partial charge in [0.15, 0.2) is 0 Å². The van der Waals surface area contributed by atoms with Gasteiger partial charge in [-0.25, -0.2) is 0 Å². The Morgan fingerprint density at radius 1 is 1.08 bits per heavy atom. The zero-order valence-electron chi connectivity index (χ0n) is 14.2. The number of hydrogen-bond donors (Lipinski definition) is 2. The fourth-order valence-corrected chi connectivity index (χ4v) is 2.60. The van der Waals surface area contributed by atoms with Crippen molar-refractivity contribution in [1.29, 1.82) is 0 Å². The standard InChI is InChI=1S/C20H18ClN3O2/c1-2-26-19-9-4-3-8-18(19)23-17-10-14(12-22-13-17)20(25)24-16-7-5-6-15(21)11-16/h3-13,23H,2H2,1H3,(H,24,25). The van der Waals surface area contributed by atoms with Gasteiger partial charge in [-0.1, -0.05) is 29.8 Å². The average Bonchev–Trinajstić information content (AvgIpc) is 2.64. The molecule has 0 unspecified atom stereocenters. The summed E-state index contributed by atoms with van der Waals surface area (Å²) in [4.78, 5) is 16.6. The van der Waals surface area contributed by atoms with Crippen molar-refractivity contribution in [1.82, 2.24) is 4.98 Å². The molecule has 0 radical (unpaired) electrons. The molecule has 1 aromatic heterocycles. The number of carbonyl (C=O) groups is 1. The van der Waals surface area contributed by atoms with Crippen molar-refractivity contribution in [2.45, 2.75) is 6.92 Å². The van der Waals surface area contributed by atoms with Crippen LogP contribution in [0, 0.1) is 0 Å². The van der Waals surface area contributed by atoms with E-state index in [-0.39, 0.29) is 5.91 Å². The van der Waals surface area contributed by atoms with E-state index in [9.17, 15) is 4.79 Å². The maximum absolute atomic E-state index is 12.5. The number of rotatable bonds is 6. The number of anilines is 3. The van der Waals surface area contributed by atoms with Crippen molar-refractivity contribution >= 4 is 34.6 Å². The molecule has 0 aliphatic rings. The molecule has 0 spiro atoms. The molecule has 2 aromatic carbocycles. The van der Waals surface area contributed by atoms with Gasteiger partial charge in [0.1, 0.15) is 5.75 Å². The van der Waals surface area contributed by atoms with Crippen LogP contribution < -0.4 is 15.4 Å². The Balaban J connectivity index is 1.77. The van der Waals surface area contributed by atoms with Crippen molar-refractivity contribution in [2.75, 3.05) is 17.2 Å². The van der Waals surface area contributed by atoms with E-state index in [2.05, 4.69) is 15.6 Å². The van der Waals surface area contributed by atoms with Crippen LogP contribution in [0.15, 0.2) is 67.0 Å². The van der Waals surface area contributed by atoms with E-state index in [1.54, 1.807) is 36.5 Å². The van der Waals surface area contributed by atoms with Gasteiger partial charge in [-0.05, 0) is 43.3 Å². The number of para-hydroxylation sites is 2. The number of halogens is 1. The molecular weight excluding hydrogens is 350 g/mol. The molecule has 0 atom stereocenters. The first-order chi connectivity index (χ1) is 12.7. The normalized spacial score (nSPS) is 10.2. The third-order valence-electron chi connectivity index (χ3n) is 3.55. The number of aromatic nitrogens is 1. The molecule has 0 bridgehead atoms. The summed E-state index contributed by atoms with van der Waals surface area (Å²) in [6.45, 7) is 2.50. The molecule has 3 rings (SSSR count). The molecule has 0 saturated heterocycles. The first kappa shape index (κ1) is 17.8. The monoisotopic (exact) mass is 367 g/mol. The second-order valence-electron chi connectivity index (χ2n) is 5.48. The minimum atomic E-state index is -0.262. The molecule has 1 amide bonds. The molecule has 2 N–H and O–H groups in total. The van der Waals surface area contributed by atoms with E-state index < -0.39 is 0 Å². The van der Waals surface area contributed by atoms with Gasteiger partial charge in [-0.2, -0.15) is 0 Å². The smallest absolute Gasteiger partial charge is 0.257 e. The summed E-state index contributed by atoms with van der Waals surface area (Å²) in [6, 6.07) is 16.3. The second-order valence-corrected chi connectivity index (χ2v) is 5.92. The summed E-state index contributed by atoms with van der Waals surface area (Å²) in [7, 11) is 0. The summed E-state index contributed by atoms with van der Waals surface area (Å²) >= 11 is 5.94. The van der Waals surface area contributed by atoms with E-state index in [1.165, 1.54) is 6.20 Å². The maximum atomic E-state index is 12.5. The van der Waals surface area contributed by atoms with Crippen LogP contribution >= 0.6 is 11.6 Å². The predicted octanol–water partition coefficient (Wildman–Crippen LogP) is 5.13. The quantitative estimate of drug-likeness (QED) is 0.634. The molecule has 132 valence electrons. The molecule has 5 nitrogen and oxygen atoms in total. The summed E-state index contributed by atoms with van der Waals surface area (Å²) < 4.78 is 5.60. The molecule has 0 fully saturated rings. The van der Waals surface area contributed by atoms with Crippen LogP contribution in [0.4, 0.5) is 17.1 Å². The van der Waals surface area contributed by atoms with Crippen LogP contribution in [0.5, 0.6) is 5.75 Å². The van der Waals surface area contributed by atoms with Crippen molar-refractivity contribution < 1.29 is 9.53 Å². The molecule has 6 heteroatoms. The summed E-state index contributed by atoms with van der Waals surface area (Å²) in [5, 5.41) is 6.60. The third-order valence-corrected chi connectivity index (χ3v) is 3.78. The van der Waals surface area contributed by atoms with Gasteiger partial charge >= 0.3 is 0 Å². The zero-order valence-corrected chi connectivity index (χ0v) is 15.0. The molecular formula is C20H18ClN3O2. The summed E-state index contributed by atoms with van der Waals surface area (Å²) in [5.41, 5.74) is 2.56. The molecule has 26 heavy (non-hydrogen) atoms. The van der Waals surface area contributed by atoms with E-state index >= 15 is 0 Å². The fourth-order valence-electron chi connectivity index (χ4n) is 2.41. The van der Waals surface area contributed by atoms with Crippen LogP contribution in [-0.4, -0.2) is 17.5 Å². The highest BCUT2D eigenvalue weighted by molar-refractivity contribution is 6.31. The Bertz CT molecular complexity index is 915. The van der Waals surface area contributed by atoms with Gasteiger partial charge in [0.25, 0.3) is 5.91 Å². The minimum Gasteiger partial charge on any atom is -0.492 e. The Morgan fingerprint density at radius 3 is 2.73 bits per heavy atom. The van der Waals surface area contributed by atoms with Gasteiger partial charge in [0.2, 0.25) is 0 Å². The SMILES string of the molecule is CCOc1ccccc1Nc1cncc(C(=O)Nc2cccc(Cl)c2)c1. The van der Waals surface area contributed by atoms with Crippen LogP contribution in [0.3, 0.4) is 0 Å². The van der Waals surface area contributed by atoms with Crippen LogP contribution in [-0.2, 0) is 0 Å². The highest BCUT2D eigenvalue weighted by atomic mass is 35.5. The first-order valence-electron chi connectivity index (χ1n) is 8.16. The van der Waals surface area contributed by atoms with Crippen LogP contribution in [0.25, 0.3) is 0 Å². The number of hydrogen-bond acceptors (Lipinski definition) is 4. The van der Waals surface area contributed by atoms with Crippen molar-refractivity contribution in [2.24, 2.45) is 0 Å². The number of pyridine rings is 1. The predicted molar refractivity (Wildman–Crippen MR) is 105 cm³/mol. The first-order valence-corrected chi connectivity index (χ1v) is 8.54. The van der Waals surface area contributed by atoms with Gasteiger partial charge in [-0.15, -0.1) is 0 Å². The van der Waals surface area contributed by atoms with Crippen LogP contribution in [0.2, 0.25) is 5.02 Å². The lowest BCUT2D eigenvalue weighted by Crippen LogP contribution is -2.12. The number of amides is 1. The largest absolute Gasteiger partial charge is 0.492 e. The van der Waals surface area contributed by atoms with E-state index in [1.807, 2.05) is 31.2 Å². The topological polar surface area (TPSA) is 63.2 Å². The summed E-state index contributed by atoms with van der Waals surface area (Å²) in [6.07, 6.45) is 3.17. The maximum Gasteiger partial charge on any atom is 0.257 e. The fraction of sp³-hybridized carbons (Fsp3) is 0.100. The number of benzene rings is 2. The lowest BCUT2D eigenvalue weighted by molar-refractivity contribution is 0.102. The minimum absolute atomic E-state index is 0.262. The molecule has 1 heterocycles. The van der Waals surface area contributed by atoms with Crippen molar-refractivity contribution in [3.8, 4) is 5.75 Å². The molecule has 0 aliphatic carbocycles. The van der Waals surface area contributed by atoms with E-state index in [0.717, 1.165) is 11.4 Å². The lowest BCUT2D eigenvalue weighted by atomic mass is 10.2. The lowest BCUT2D eigenvalue weighted by Gasteiger charge is -2.12. The number of nitrogens with zero attached hydrogens (tertiary/aromatic N) is 1. The second kappa shape index (κ2) is 8.36. The number of nitrogens with one attached hydrogen (secondary N) is 2. The summed E-state index contributed by atoms with van der Waals surface area (Å²) in [5.74, 6) is 0.477.